The summed E-state index contributed by atoms with van der Waals surface area (Å²) in [5.74, 6) is 6.86. The highest BCUT2D eigenvalue weighted by molar-refractivity contribution is 7.18. The van der Waals surface area contributed by atoms with Crippen molar-refractivity contribution in [2.45, 2.75) is 19.4 Å². The van der Waals surface area contributed by atoms with Crippen LogP contribution in [-0.2, 0) is 4.74 Å². The molecule has 0 saturated carbocycles. The van der Waals surface area contributed by atoms with Crippen LogP contribution in [-0.4, -0.2) is 36.3 Å². The van der Waals surface area contributed by atoms with Gasteiger partial charge in [0, 0.05) is 25.1 Å². The molecule has 1 fully saturated rings. The lowest BCUT2D eigenvalue weighted by molar-refractivity contribution is 0.121. The Hall–Kier alpha value is -1.44. The molecule has 0 aromatic carbocycles. The normalized spacial score (nSPS) is 19.3. The van der Waals surface area contributed by atoms with E-state index in [4.69, 9.17) is 10.6 Å². The highest BCUT2D eigenvalue weighted by Gasteiger charge is 2.25. The van der Waals surface area contributed by atoms with E-state index >= 15 is 0 Å². The minimum absolute atomic E-state index is 0.277. The van der Waals surface area contributed by atoms with Crippen molar-refractivity contribution in [3.63, 3.8) is 0 Å². The number of methoxy groups -OCH3 is 1. The first-order chi connectivity index (χ1) is 9.21. The molecule has 6 nitrogen and oxygen atoms in total. The van der Waals surface area contributed by atoms with Crippen LogP contribution < -0.4 is 16.2 Å². The first kappa shape index (κ1) is 12.6. The van der Waals surface area contributed by atoms with Gasteiger partial charge in [-0.2, -0.15) is 4.98 Å². The van der Waals surface area contributed by atoms with E-state index in [1.165, 1.54) is 4.88 Å². The SMILES string of the molecule is COC1CCN(c2nc(NN)nc3sc(C)cc23)C1. The van der Waals surface area contributed by atoms with E-state index in [2.05, 4.69) is 33.3 Å². The number of hydrogen-bond acceptors (Lipinski definition) is 7. The van der Waals surface area contributed by atoms with Crippen LogP contribution >= 0.6 is 11.3 Å². The molecule has 1 atom stereocenters. The lowest BCUT2D eigenvalue weighted by atomic mass is 10.3. The minimum atomic E-state index is 0.277. The van der Waals surface area contributed by atoms with Gasteiger partial charge in [0.25, 0.3) is 0 Å². The molecule has 0 amide bonds. The number of fused-ring (bicyclic) bond motifs is 1. The number of anilines is 2. The van der Waals surface area contributed by atoms with Gasteiger partial charge in [-0.3, -0.25) is 5.43 Å². The summed E-state index contributed by atoms with van der Waals surface area (Å²) in [5.41, 5.74) is 2.54. The third kappa shape index (κ3) is 2.24. The lowest BCUT2D eigenvalue weighted by Gasteiger charge is -2.18. The first-order valence-corrected chi connectivity index (χ1v) is 7.05. The number of nitrogen functional groups attached to an aromatic ring is 1. The van der Waals surface area contributed by atoms with E-state index < -0.39 is 0 Å². The number of thiophene rings is 1. The van der Waals surface area contributed by atoms with Gasteiger partial charge in [0.2, 0.25) is 5.95 Å². The Bertz CT molecular complexity index is 599. The van der Waals surface area contributed by atoms with Crippen molar-refractivity contribution < 1.29 is 4.74 Å². The second-order valence-corrected chi connectivity index (χ2v) is 5.92. The van der Waals surface area contributed by atoms with E-state index in [0.29, 0.717) is 5.95 Å². The molecule has 3 rings (SSSR count). The van der Waals surface area contributed by atoms with Crippen LogP contribution in [0.1, 0.15) is 11.3 Å². The van der Waals surface area contributed by atoms with Crippen LogP contribution in [0.25, 0.3) is 10.2 Å². The van der Waals surface area contributed by atoms with E-state index in [1.807, 2.05) is 0 Å². The van der Waals surface area contributed by atoms with Gasteiger partial charge in [-0.15, -0.1) is 11.3 Å². The van der Waals surface area contributed by atoms with Gasteiger partial charge in [-0.05, 0) is 19.4 Å². The molecule has 0 bridgehead atoms. The van der Waals surface area contributed by atoms with E-state index in [-0.39, 0.29) is 6.10 Å². The monoisotopic (exact) mass is 279 g/mol. The molecule has 0 radical (unpaired) electrons. The molecule has 0 aliphatic carbocycles. The largest absolute Gasteiger partial charge is 0.380 e. The number of nitrogens with one attached hydrogen (secondary N) is 1. The fourth-order valence-electron chi connectivity index (χ4n) is 2.45. The van der Waals surface area contributed by atoms with E-state index in [1.54, 1.807) is 18.4 Å². The van der Waals surface area contributed by atoms with Crippen molar-refractivity contribution in [1.29, 1.82) is 0 Å². The Labute approximate surface area is 115 Å². The van der Waals surface area contributed by atoms with E-state index in [9.17, 15) is 0 Å². The average molecular weight is 279 g/mol. The van der Waals surface area contributed by atoms with Crippen molar-refractivity contribution >= 4 is 33.3 Å². The quantitative estimate of drug-likeness (QED) is 0.655. The third-order valence-electron chi connectivity index (χ3n) is 3.40. The predicted molar refractivity (Wildman–Crippen MR) is 77.6 cm³/mol. The summed E-state index contributed by atoms with van der Waals surface area (Å²) in [7, 11) is 1.76. The number of nitrogens with two attached hydrogens (primary N) is 1. The van der Waals surface area contributed by atoms with Crippen molar-refractivity contribution in [2.75, 3.05) is 30.5 Å². The molecule has 3 heterocycles. The third-order valence-corrected chi connectivity index (χ3v) is 4.35. The zero-order valence-electron chi connectivity index (χ0n) is 11.0. The van der Waals surface area contributed by atoms with Crippen LogP contribution in [0.15, 0.2) is 6.07 Å². The molecular formula is C12H17N5OS. The van der Waals surface area contributed by atoms with Crippen LogP contribution in [0.2, 0.25) is 0 Å². The number of aryl methyl sites for hydroxylation is 1. The van der Waals surface area contributed by atoms with Crippen molar-refractivity contribution in [3.05, 3.63) is 10.9 Å². The molecule has 0 spiro atoms. The smallest absolute Gasteiger partial charge is 0.240 e. The highest BCUT2D eigenvalue weighted by Crippen LogP contribution is 2.33. The summed E-state index contributed by atoms with van der Waals surface area (Å²) in [4.78, 5) is 13.3. The molecule has 1 saturated heterocycles. The Kier molecular flexibility index (Phi) is 3.26. The molecule has 2 aromatic heterocycles. The Balaban J connectivity index is 2.06. The maximum atomic E-state index is 5.46. The molecule has 3 N–H and O–H groups in total. The van der Waals surface area contributed by atoms with Gasteiger partial charge in [0.05, 0.1) is 11.5 Å². The fraction of sp³-hybridized carbons (Fsp3) is 0.500. The Morgan fingerprint density at radius 3 is 3.05 bits per heavy atom. The fourth-order valence-corrected chi connectivity index (χ4v) is 3.32. The second-order valence-electron chi connectivity index (χ2n) is 4.68. The van der Waals surface area contributed by atoms with Crippen molar-refractivity contribution in [1.82, 2.24) is 9.97 Å². The van der Waals surface area contributed by atoms with Gasteiger partial charge in [-0.25, -0.2) is 10.8 Å². The maximum absolute atomic E-state index is 5.46. The molecule has 102 valence electrons. The number of hydrogen-bond donors (Lipinski definition) is 2. The Morgan fingerprint density at radius 1 is 1.53 bits per heavy atom. The van der Waals surface area contributed by atoms with Gasteiger partial charge in [-0.1, -0.05) is 0 Å². The van der Waals surface area contributed by atoms with Crippen LogP contribution in [0.5, 0.6) is 0 Å². The van der Waals surface area contributed by atoms with Crippen LogP contribution in [0.4, 0.5) is 11.8 Å². The van der Waals surface area contributed by atoms with E-state index in [0.717, 1.165) is 35.5 Å². The summed E-state index contributed by atoms with van der Waals surface area (Å²) in [6.07, 6.45) is 1.30. The maximum Gasteiger partial charge on any atom is 0.240 e. The molecule has 19 heavy (non-hydrogen) atoms. The molecule has 1 aliphatic heterocycles. The summed E-state index contributed by atoms with van der Waals surface area (Å²) in [6.45, 7) is 3.89. The molecule has 1 unspecified atom stereocenters. The van der Waals surface area contributed by atoms with Gasteiger partial charge < -0.3 is 9.64 Å². The molecule has 7 heteroatoms. The van der Waals surface area contributed by atoms with Crippen molar-refractivity contribution in [2.24, 2.45) is 5.84 Å². The molecule has 2 aromatic rings. The molecule has 1 aliphatic rings. The van der Waals surface area contributed by atoms with Gasteiger partial charge in [0.1, 0.15) is 10.6 Å². The number of hydrazine groups is 1. The van der Waals surface area contributed by atoms with Crippen LogP contribution in [0.3, 0.4) is 0 Å². The van der Waals surface area contributed by atoms with Gasteiger partial charge >= 0.3 is 0 Å². The number of rotatable bonds is 3. The number of ether oxygens (including phenoxy) is 1. The van der Waals surface area contributed by atoms with Gasteiger partial charge in [0.15, 0.2) is 0 Å². The van der Waals surface area contributed by atoms with Crippen LogP contribution in [0, 0.1) is 6.92 Å². The summed E-state index contributed by atoms with van der Waals surface area (Å²) < 4.78 is 5.41. The van der Waals surface area contributed by atoms with Crippen molar-refractivity contribution in [3.8, 4) is 0 Å². The number of nitrogens with zero attached hydrogens (tertiary/aromatic N) is 3. The first-order valence-electron chi connectivity index (χ1n) is 6.24. The zero-order chi connectivity index (χ0) is 13.4. The Morgan fingerprint density at radius 2 is 2.37 bits per heavy atom. The standard InChI is InChI=1S/C12H17N5OS/c1-7-5-9-10(17-4-3-8(6-17)18-2)14-12(16-13)15-11(9)19-7/h5,8H,3-4,6,13H2,1-2H3,(H,14,15,16). The lowest BCUT2D eigenvalue weighted by Crippen LogP contribution is -2.24. The molecular weight excluding hydrogens is 262 g/mol. The average Bonchev–Trinajstić information content (AvgIpc) is 3.02. The summed E-state index contributed by atoms with van der Waals surface area (Å²) in [6, 6.07) is 2.13. The predicted octanol–water partition coefficient (Wildman–Crippen LogP) is 1.51. The summed E-state index contributed by atoms with van der Waals surface area (Å²) in [5, 5.41) is 1.10. The second kappa shape index (κ2) is 4.92. The summed E-state index contributed by atoms with van der Waals surface area (Å²) >= 11 is 1.66. The topological polar surface area (TPSA) is 76.3 Å². The highest BCUT2D eigenvalue weighted by atomic mass is 32.1. The number of aromatic nitrogens is 2. The minimum Gasteiger partial charge on any atom is -0.380 e. The zero-order valence-corrected chi connectivity index (χ0v) is 11.8.